The Morgan fingerprint density at radius 2 is 1.58 bits per heavy atom. The van der Waals surface area contributed by atoms with Crippen molar-refractivity contribution < 1.29 is 33.3 Å². The summed E-state index contributed by atoms with van der Waals surface area (Å²) in [6.07, 6.45) is -0.372. The molecule has 1 amide bonds. The molecule has 0 aromatic heterocycles. The molecule has 0 saturated heterocycles. The van der Waals surface area contributed by atoms with Gasteiger partial charge in [-0.3, -0.25) is 14.4 Å². The van der Waals surface area contributed by atoms with Crippen molar-refractivity contribution >= 4 is 23.5 Å². The van der Waals surface area contributed by atoms with E-state index in [2.05, 4.69) is 0 Å². The molecule has 144 valence electrons. The maximum Gasteiger partial charge on any atom is 0.320 e. The second-order valence-corrected chi connectivity index (χ2v) is 5.25. The lowest BCUT2D eigenvalue weighted by Crippen LogP contribution is -2.35. The Morgan fingerprint density at radius 1 is 1.00 bits per heavy atom. The minimum absolute atomic E-state index is 0.102. The van der Waals surface area contributed by atoms with Crippen LogP contribution < -0.4 is 14.4 Å². The van der Waals surface area contributed by atoms with E-state index in [1.165, 1.54) is 26.2 Å². The highest BCUT2D eigenvalue weighted by molar-refractivity contribution is 6.03. The quantitative estimate of drug-likeness (QED) is 0.485. The van der Waals surface area contributed by atoms with Crippen LogP contribution in [0.1, 0.15) is 20.3 Å². The second-order valence-electron chi connectivity index (χ2n) is 5.25. The number of hydrogen-bond donors (Lipinski definition) is 0. The normalized spacial score (nSPS) is 10.2. The average molecular weight is 367 g/mol. The molecular weight excluding hydrogens is 342 g/mol. The molecular formula is C18H25NO7. The molecule has 1 aromatic carbocycles. The zero-order chi connectivity index (χ0) is 19.7. The molecule has 8 heteroatoms. The summed E-state index contributed by atoms with van der Waals surface area (Å²) in [5.41, 5.74) is 0.477. The highest BCUT2D eigenvalue weighted by Crippen LogP contribution is 2.32. The van der Waals surface area contributed by atoms with E-state index < -0.39 is 23.8 Å². The van der Waals surface area contributed by atoms with Crippen LogP contribution in [0.25, 0.3) is 0 Å². The first-order chi connectivity index (χ1) is 12.4. The molecule has 0 bridgehead atoms. The van der Waals surface area contributed by atoms with Gasteiger partial charge in [0.1, 0.15) is 11.5 Å². The van der Waals surface area contributed by atoms with Crippen molar-refractivity contribution in [2.24, 2.45) is 5.92 Å². The van der Waals surface area contributed by atoms with E-state index in [9.17, 15) is 14.4 Å². The van der Waals surface area contributed by atoms with Crippen LogP contribution in [0.3, 0.4) is 0 Å². The van der Waals surface area contributed by atoms with Crippen LogP contribution in [-0.4, -0.2) is 52.3 Å². The van der Waals surface area contributed by atoms with Crippen LogP contribution in [0.2, 0.25) is 0 Å². The second kappa shape index (κ2) is 10.3. The van der Waals surface area contributed by atoms with Crippen molar-refractivity contribution in [2.45, 2.75) is 20.3 Å². The van der Waals surface area contributed by atoms with Crippen molar-refractivity contribution in [1.82, 2.24) is 0 Å². The van der Waals surface area contributed by atoms with Crippen molar-refractivity contribution in [2.75, 3.05) is 39.4 Å². The van der Waals surface area contributed by atoms with Gasteiger partial charge in [-0.15, -0.1) is 0 Å². The third-order valence-electron chi connectivity index (χ3n) is 3.64. The van der Waals surface area contributed by atoms with Crippen LogP contribution in [-0.2, 0) is 23.9 Å². The van der Waals surface area contributed by atoms with Crippen LogP contribution >= 0.6 is 0 Å². The number of hydrogen-bond acceptors (Lipinski definition) is 7. The van der Waals surface area contributed by atoms with E-state index in [0.29, 0.717) is 17.2 Å². The molecule has 0 radical (unpaired) electrons. The molecule has 0 saturated carbocycles. The number of amides is 1. The highest BCUT2D eigenvalue weighted by Gasteiger charge is 2.33. The van der Waals surface area contributed by atoms with Gasteiger partial charge in [-0.2, -0.15) is 0 Å². The Balaban J connectivity index is 3.01. The Hall–Kier alpha value is -2.77. The number of anilines is 1. The summed E-state index contributed by atoms with van der Waals surface area (Å²) in [7, 11) is 4.52. The highest BCUT2D eigenvalue weighted by atomic mass is 16.6. The SMILES string of the molecule is CCOC(=O)C(CC(=O)N(C)c1ccc(OC)cc1OC)C(=O)OCC. The molecule has 26 heavy (non-hydrogen) atoms. The maximum absolute atomic E-state index is 12.6. The first-order valence-corrected chi connectivity index (χ1v) is 8.21. The largest absolute Gasteiger partial charge is 0.497 e. The minimum Gasteiger partial charge on any atom is -0.497 e. The van der Waals surface area contributed by atoms with Crippen LogP contribution in [0, 0.1) is 5.92 Å². The topological polar surface area (TPSA) is 91.4 Å². The summed E-state index contributed by atoms with van der Waals surface area (Å²) in [6.45, 7) is 3.45. The van der Waals surface area contributed by atoms with E-state index in [1.54, 1.807) is 32.0 Å². The summed E-state index contributed by atoms with van der Waals surface area (Å²) >= 11 is 0. The monoisotopic (exact) mass is 367 g/mol. The molecule has 0 aliphatic heterocycles. The third-order valence-corrected chi connectivity index (χ3v) is 3.64. The Labute approximate surface area is 153 Å². The van der Waals surface area contributed by atoms with E-state index in [1.807, 2.05) is 0 Å². The average Bonchev–Trinajstić information content (AvgIpc) is 2.64. The van der Waals surface area contributed by atoms with E-state index in [4.69, 9.17) is 18.9 Å². The maximum atomic E-state index is 12.6. The van der Waals surface area contributed by atoms with E-state index >= 15 is 0 Å². The fourth-order valence-corrected chi connectivity index (χ4v) is 2.26. The van der Waals surface area contributed by atoms with Gasteiger partial charge in [-0.1, -0.05) is 0 Å². The summed E-state index contributed by atoms with van der Waals surface area (Å²) in [5.74, 6) is -2.34. The van der Waals surface area contributed by atoms with E-state index in [0.717, 1.165) is 0 Å². The molecule has 0 atom stereocenters. The lowest BCUT2D eigenvalue weighted by atomic mass is 10.0. The Kier molecular flexibility index (Phi) is 8.41. The van der Waals surface area contributed by atoms with Crippen molar-refractivity contribution in [3.63, 3.8) is 0 Å². The lowest BCUT2D eigenvalue weighted by molar-refractivity contribution is -0.163. The van der Waals surface area contributed by atoms with Gasteiger partial charge >= 0.3 is 11.9 Å². The first kappa shape index (κ1) is 21.3. The third kappa shape index (κ3) is 5.37. The number of methoxy groups -OCH3 is 2. The number of ether oxygens (including phenoxy) is 4. The molecule has 0 N–H and O–H groups in total. The molecule has 0 fully saturated rings. The molecule has 0 unspecified atom stereocenters. The molecule has 0 heterocycles. The molecule has 0 spiro atoms. The van der Waals surface area contributed by atoms with Crippen molar-refractivity contribution in [3.8, 4) is 11.5 Å². The summed E-state index contributed by atoms with van der Waals surface area (Å²) in [5, 5.41) is 0. The molecule has 8 nitrogen and oxygen atoms in total. The smallest absolute Gasteiger partial charge is 0.320 e. The van der Waals surface area contributed by atoms with Gasteiger partial charge in [0.05, 0.1) is 39.5 Å². The van der Waals surface area contributed by atoms with Gasteiger partial charge in [0.25, 0.3) is 0 Å². The molecule has 1 aromatic rings. The number of benzene rings is 1. The molecule has 1 rings (SSSR count). The van der Waals surface area contributed by atoms with Crippen LogP contribution in [0.15, 0.2) is 18.2 Å². The van der Waals surface area contributed by atoms with Crippen molar-refractivity contribution in [3.05, 3.63) is 18.2 Å². The number of nitrogens with zero attached hydrogens (tertiary/aromatic N) is 1. The fourth-order valence-electron chi connectivity index (χ4n) is 2.26. The van der Waals surface area contributed by atoms with E-state index in [-0.39, 0.29) is 19.6 Å². The summed E-state index contributed by atoms with van der Waals surface area (Å²) in [4.78, 5) is 38.0. The van der Waals surface area contributed by atoms with Gasteiger partial charge in [-0.25, -0.2) is 0 Å². The van der Waals surface area contributed by atoms with Gasteiger partial charge in [-0.05, 0) is 26.0 Å². The number of carbonyl (C=O) groups is 3. The van der Waals surface area contributed by atoms with Crippen LogP contribution in [0.5, 0.6) is 11.5 Å². The predicted molar refractivity (Wildman–Crippen MR) is 94.3 cm³/mol. The minimum atomic E-state index is -1.31. The van der Waals surface area contributed by atoms with Gasteiger partial charge in [0.15, 0.2) is 5.92 Å². The van der Waals surface area contributed by atoms with Crippen molar-refractivity contribution in [1.29, 1.82) is 0 Å². The predicted octanol–water partition coefficient (Wildman–Crippen LogP) is 1.80. The Bertz CT molecular complexity index is 626. The van der Waals surface area contributed by atoms with Gasteiger partial charge < -0.3 is 23.8 Å². The fraction of sp³-hybridized carbons (Fsp3) is 0.500. The number of carbonyl (C=O) groups excluding carboxylic acids is 3. The lowest BCUT2D eigenvalue weighted by Gasteiger charge is -2.22. The standard InChI is InChI=1S/C18H25NO7/c1-6-25-17(21)13(18(22)26-7-2)11-16(20)19(3)14-9-8-12(23-4)10-15(14)24-5/h8-10,13H,6-7,11H2,1-5H3. The zero-order valence-electron chi connectivity index (χ0n) is 15.7. The summed E-state index contributed by atoms with van der Waals surface area (Å²) in [6, 6.07) is 4.96. The Morgan fingerprint density at radius 3 is 2.04 bits per heavy atom. The molecule has 0 aliphatic carbocycles. The van der Waals surface area contributed by atoms with Crippen LogP contribution in [0.4, 0.5) is 5.69 Å². The summed E-state index contributed by atoms with van der Waals surface area (Å²) < 4.78 is 20.2. The number of rotatable bonds is 9. The van der Waals surface area contributed by atoms with Gasteiger partial charge in [0.2, 0.25) is 5.91 Å². The zero-order valence-corrected chi connectivity index (χ0v) is 15.7. The molecule has 0 aliphatic rings. The van der Waals surface area contributed by atoms with Gasteiger partial charge in [0, 0.05) is 13.1 Å². The number of esters is 2. The first-order valence-electron chi connectivity index (χ1n) is 8.21.